The molecule has 138 valence electrons. The highest BCUT2D eigenvalue weighted by molar-refractivity contribution is 5.76. The zero-order valence-electron chi connectivity index (χ0n) is 15.4. The van der Waals surface area contributed by atoms with Crippen molar-refractivity contribution >= 4 is 11.6 Å². The third-order valence-electron chi connectivity index (χ3n) is 4.70. The SMILES string of the molecule is COc1cc(CCC(=O)N2CCN(c3ccncc3)CC2)cc(OC)c1. The number of carbonyl (C=O) groups excluding carboxylic acids is 1. The highest BCUT2D eigenvalue weighted by Gasteiger charge is 2.21. The van der Waals surface area contributed by atoms with Crippen LogP contribution in [0.25, 0.3) is 0 Å². The molecule has 2 aromatic rings. The molecule has 0 N–H and O–H groups in total. The quantitative estimate of drug-likeness (QED) is 0.796. The first-order valence-electron chi connectivity index (χ1n) is 8.84. The number of aryl methyl sites for hydroxylation is 1. The minimum Gasteiger partial charge on any atom is -0.497 e. The van der Waals surface area contributed by atoms with Gasteiger partial charge in [0.05, 0.1) is 14.2 Å². The molecule has 3 rings (SSSR count). The molecule has 1 aliphatic rings. The van der Waals surface area contributed by atoms with Crippen molar-refractivity contribution in [3.8, 4) is 11.5 Å². The fourth-order valence-corrected chi connectivity index (χ4v) is 3.19. The Morgan fingerprint density at radius 1 is 1.00 bits per heavy atom. The lowest BCUT2D eigenvalue weighted by molar-refractivity contribution is -0.131. The van der Waals surface area contributed by atoms with E-state index in [9.17, 15) is 4.79 Å². The summed E-state index contributed by atoms with van der Waals surface area (Å²) in [5.74, 6) is 1.69. The average Bonchev–Trinajstić information content (AvgIpc) is 2.72. The van der Waals surface area contributed by atoms with Crippen LogP contribution in [0.2, 0.25) is 0 Å². The normalized spacial score (nSPS) is 14.2. The van der Waals surface area contributed by atoms with Gasteiger partial charge in [-0.25, -0.2) is 0 Å². The van der Waals surface area contributed by atoms with Gasteiger partial charge in [-0.05, 0) is 36.2 Å². The Morgan fingerprint density at radius 2 is 1.62 bits per heavy atom. The summed E-state index contributed by atoms with van der Waals surface area (Å²) in [7, 11) is 3.26. The zero-order chi connectivity index (χ0) is 18.4. The minimum atomic E-state index is 0.196. The van der Waals surface area contributed by atoms with Crippen LogP contribution >= 0.6 is 0 Å². The van der Waals surface area contributed by atoms with E-state index in [0.29, 0.717) is 12.8 Å². The number of rotatable bonds is 6. The number of hydrogen-bond donors (Lipinski definition) is 0. The summed E-state index contributed by atoms with van der Waals surface area (Å²) in [6, 6.07) is 9.76. The Labute approximate surface area is 154 Å². The Balaban J connectivity index is 1.52. The maximum atomic E-state index is 12.6. The first kappa shape index (κ1) is 18.0. The van der Waals surface area contributed by atoms with Gasteiger partial charge in [0.15, 0.2) is 0 Å². The van der Waals surface area contributed by atoms with Crippen LogP contribution in [0.1, 0.15) is 12.0 Å². The predicted octanol–water partition coefficient (Wildman–Crippen LogP) is 2.38. The molecule has 1 fully saturated rings. The molecule has 1 aliphatic heterocycles. The molecule has 0 spiro atoms. The molecule has 1 aromatic heterocycles. The van der Waals surface area contributed by atoms with Crippen molar-refractivity contribution in [2.45, 2.75) is 12.8 Å². The third-order valence-corrected chi connectivity index (χ3v) is 4.70. The lowest BCUT2D eigenvalue weighted by Gasteiger charge is -2.36. The molecule has 2 heterocycles. The van der Waals surface area contributed by atoms with Crippen LogP contribution in [0, 0.1) is 0 Å². The molecule has 26 heavy (non-hydrogen) atoms. The Hall–Kier alpha value is -2.76. The number of benzene rings is 1. The van der Waals surface area contributed by atoms with Gasteiger partial charge < -0.3 is 19.3 Å². The van der Waals surface area contributed by atoms with Crippen molar-refractivity contribution in [3.63, 3.8) is 0 Å². The second kappa shape index (κ2) is 8.56. The van der Waals surface area contributed by atoms with E-state index in [4.69, 9.17) is 9.47 Å². The van der Waals surface area contributed by atoms with Gasteiger partial charge >= 0.3 is 0 Å². The van der Waals surface area contributed by atoms with Crippen LogP contribution < -0.4 is 14.4 Å². The maximum absolute atomic E-state index is 12.6. The second-order valence-electron chi connectivity index (χ2n) is 6.29. The van der Waals surface area contributed by atoms with Gasteiger partial charge in [-0.1, -0.05) is 0 Å². The number of methoxy groups -OCH3 is 2. The molecule has 0 unspecified atom stereocenters. The van der Waals surface area contributed by atoms with Crippen molar-refractivity contribution in [2.24, 2.45) is 0 Å². The molecule has 0 atom stereocenters. The minimum absolute atomic E-state index is 0.196. The van der Waals surface area contributed by atoms with Crippen LogP contribution in [0.5, 0.6) is 11.5 Å². The highest BCUT2D eigenvalue weighted by atomic mass is 16.5. The predicted molar refractivity (Wildman–Crippen MR) is 101 cm³/mol. The Morgan fingerprint density at radius 3 is 2.19 bits per heavy atom. The van der Waals surface area contributed by atoms with Gasteiger partial charge in [0.1, 0.15) is 11.5 Å². The van der Waals surface area contributed by atoms with E-state index in [-0.39, 0.29) is 5.91 Å². The first-order chi connectivity index (χ1) is 12.7. The third kappa shape index (κ3) is 4.45. The summed E-state index contributed by atoms with van der Waals surface area (Å²) in [4.78, 5) is 20.9. The van der Waals surface area contributed by atoms with Crippen LogP contribution in [0.3, 0.4) is 0 Å². The fourth-order valence-electron chi connectivity index (χ4n) is 3.19. The van der Waals surface area contributed by atoms with Crippen molar-refractivity contribution < 1.29 is 14.3 Å². The largest absolute Gasteiger partial charge is 0.497 e. The zero-order valence-corrected chi connectivity index (χ0v) is 15.4. The van der Waals surface area contributed by atoms with E-state index in [1.165, 1.54) is 0 Å². The summed E-state index contributed by atoms with van der Waals surface area (Å²) in [5.41, 5.74) is 2.21. The van der Waals surface area contributed by atoms with Gasteiger partial charge in [0, 0.05) is 56.7 Å². The molecular formula is C20H25N3O3. The molecule has 0 aliphatic carbocycles. The van der Waals surface area contributed by atoms with Crippen molar-refractivity contribution in [2.75, 3.05) is 45.3 Å². The number of pyridine rings is 1. The first-order valence-corrected chi connectivity index (χ1v) is 8.84. The van der Waals surface area contributed by atoms with Gasteiger partial charge in [-0.2, -0.15) is 0 Å². The monoisotopic (exact) mass is 355 g/mol. The van der Waals surface area contributed by atoms with Crippen molar-refractivity contribution in [1.82, 2.24) is 9.88 Å². The Kier molecular flexibility index (Phi) is 5.94. The number of aromatic nitrogens is 1. The lowest BCUT2D eigenvalue weighted by Crippen LogP contribution is -2.48. The van der Waals surface area contributed by atoms with Crippen molar-refractivity contribution in [1.29, 1.82) is 0 Å². The molecule has 0 saturated carbocycles. The van der Waals surface area contributed by atoms with E-state index >= 15 is 0 Å². The average molecular weight is 355 g/mol. The van der Waals surface area contributed by atoms with Crippen LogP contribution in [-0.4, -0.2) is 56.2 Å². The molecule has 1 saturated heterocycles. The summed E-state index contributed by atoms with van der Waals surface area (Å²) in [5, 5.41) is 0. The van der Waals surface area contributed by atoms with Crippen LogP contribution in [0.4, 0.5) is 5.69 Å². The maximum Gasteiger partial charge on any atom is 0.223 e. The second-order valence-corrected chi connectivity index (χ2v) is 6.29. The van der Waals surface area contributed by atoms with E-state index in [1.54, 1.807) is 26.6 Å². The summed E-state index contributed by atoms with van der Waals surface area (Å²) in [6.07, 6.45) is 4.77. The van der Waals surface area contributed by atoms with E-state index in [0.717, 1.165) is 48.9 Å². The number of anilines is 1. The van der Waals surface area contributed by atoms with Gasteiger partial charge in [-0.15, -0.1) is 0 Å². The topological polar surface area (TPSA) is 54.9 Å². The van der Waals surface area contributed by atoms with E-state index in [2.05, 4.69) is 9.88 Å². The van der Waals surface area contributed by atoms with Gasteiger partial charge in [0.25, 0.3) is 0 Å². The number of hydrogen-bond acceptors (Lipinski definition) is 5. The van der Waals surface area contributed by atoms with E-state index < -0.39 is 0 Å². The summed E-state index contributed by atoms with van der Waals surface area (Å²) in [6.45, 7) is 3.21. The number of piperazine rings is 1. The molecule has 1 amide bonds. The van der Waals surface area contributed by atoms with Crippen LogP contribution in [0.15, 0.2) is 42.7 Å². The van der Waals surface area contributed by atoms with E-state index in [1.807, 2.05) is 35.2 Å². The summed E-state index contributed by atoms with van der Waals surface area (Å²) >= 11 is 0. The highest BCUT2D eigenvalue weighted by Crippen LogP contribution is 2.23. The number of amides is 1. The fraction of sp³-hybridized carbons (Fsp3) is 0.400. The Bertz CT molecular complexity index is 706. The molecule has 1 aromatic carbocycles. The molecule has 6 heteroatoms. The number of carbonyl (C=O) groups is 1. The van der Waals surface area contributed by atoms with Gasteiger partial charge in [0.2, 0.25) is 5.91 Å². The smallest absolute Gasteiger partial charge is 0.223 e. The van der Waals surface area contributed by atoms with Crippen molar-refractivity contribution in [3.05, 3.63) is 48.3 Å². The molecular weight excluding hydrogens is 330 g/mol. The number of nitrogens with zero attached hydrogens (tertiary/aromatic N) is 3. The molecule has 6 nitrogen and oxygen atoms in total. The molecule has 0 radical (unpaired) electrons. The van der Waals surface area contributed by atoms with Gasteiger partial charge in [-0.3, -0.25) is 9.78 Å². The number of ether oxygens (including phenoxy) is 2. The standard InChI is InChI=1S/C20H25N3O3/c1-25-18-13-16(14-19(15-18)26-2)3-4-20(24)23-11-9-22(10-12-23)17-5-7-21-8-6-17/h5-8,13-15H,3-4,9-12H2,1-2H3. The lowest BCUT2D eigenvalue weighted by atomic mass is 10.1. The molecule has 0 bridgehead atoms. The van der Waals surface area contributed by atoms with Crippen LogP contribution in [-0.2, 0) is 11.2 Å². The summed E-state index contributed by atoms with van der Waals surface area (Å²) < 4.78 is 10.6.